The van der Waals surface area contributed by atoms with Crippen molar-refractivity contribution in [1.82, 2.24) is 10.2 Å². The summed E-state index contributed by atoms with van der Waals surface area (Å²) in [6.45, 7) is 15.2. The topological polar surface area (TPSA) is 106 Å². The van der Waals surface area contributed by atoms with E-state index in [0.29, 0.717) is 35.6 Å². The Labute approximate surface area is 208 Å². The SMILES string of the molecule is CCOc1cc2c(cc1C(=O)NC)C(=N)N(CC(O)c1cc(C(C)(C)C)c(O)c(C(C)(C)C)c1)C2. The minimum atomic E-state index is -0.864. The van der Waals surface area contributed by atoms with Crippen LogP contribution in [-0.2, 0) is 17.4 Å². The van der Waals surface area contributed by atoms with Gasteiger partial charge in [0.1, 0.15) is 17.3 Å². The molecule has 0 fully saturated rings. The summed E-state index contributed by atoms with van der Waals surface area (Å²) in [5, 5.41) is 33.6. The Kier molecular flexibility index (Phi) is 7.23. The van der Waals surface area contributed by atoms with Gasteiger partial charge in [0, 0.05) is 25.7 Å². The maximum atomic E-state index is 12.4. The van der Waals surface area contributed by atoms with Crippen molar-refractivity contribution in [3.05, 3.63) is 57.6 Å². The van der Waals surface area contributed by atoms with E-state index < -0.39 is 6.10 Å². The molecule has 1 aliphatic rings. The Morgan fingerprint density at radius 3 is 2.17 bits per heavy atom. The van der Waals surface area contributed by atoms with Crippen LogP contribution >= 0.6 is 0 Å². The van der Waals surface area contributed by atoms with Crippen molar-refractivity contribution < 1.29 is 19.7 Å². The van der Waals surface area contributed by atoms with Crippen molar-refractivity contribution in [2.75, 3.05) is 20.2 Å². The number of nitrogens with zero attached hydrogens (tertiary/aromatic N) is 1. The lowest BCUT2D eigenvalue weighted by atomic mass is 9.78. The smallest absolute Gasteiger partial charge is 0.254 e. The zero-order valence-corrected chi connectivity index (χ0v) is 22.2. The van der Waals surface area contributed by atoms with E-state index in [1.165, 1.54) is 0 Å². The molecule has 7 heteroatoms. The van der Waals surface area contributed by atoms with Crippen molar-refractivity contribution in [2.24, 2.45) is 0 Å². The van der Waals surface area contributed by atoms with Crippen LogP contribution in [0.3, 0.4) is 0 Å². The van der Waals surface area contributed by atoms with Gasteiger partial charge in [-0.3, -0.25) is 10.2 Å². The molecular formula is C28H39N3O4. The number of benzene rings is 2. The van der Waals surface area contributed by atoms with Crippen LogP contribution in [0.25, 0.3) is 0 Å². The lowest BCUT2D eigenvalue weighted by molar-refractivity contribution is 0.0959. The number of nitrogens with one attached hydrogen (secondary N) is 2. The molecule has 2 aromatic rings. The number of amidine groups is 1. The summed E-state index contributed by atoms with van der Waals surface area (Å²) in [4.78, 5) is 14.2. The van der Waals surface area contributed by atoms with Crippen LogP contribution in [0.15, 0.2) is 24.3 Å². The van der Waals surface area contributed by atoms with E-state index in [1.54, 1.807) is 18.0 Å². The second kappa shape index (κ2) is 9.53. The highest BCUT2D eigenvalue weighted by Gasteiger charge is 2.31. The van der Waals surface area contributed by atoms with Crippen molar-refractivity contribution >= 4 is 11.7 Å². The molecular weight excluding hydrogens is 442 g/mol. The second-order valence-electron chi connectivity index (χ2n) is 11.2. The number of amides is 1. The summed E-state index contributed by atoms with van der Waals surface area (Å²) in [6.07, 6.45) is -0.864. The van der Waals surface area contributed by atoms with Gasteiger partial charge < -0.3 is 25.2 Å². The molecule has 1 atom stereocenters. The van der Waals surface area contributed by atoms with Crippen molar-refractivity contribution in [1.29, 1.82) is 5.41 Å². The number of β-amino-alcohol motifs (C(OH)–C–C–N with tert-alkyl or cyclic N) is 1. The summed E-state index contributed by atoms with van der Waals surface area (Å²) in [6, 6.07) is 7.27. The number of ether oxygens (including phenoxy) is 1. The number of fused-ring (bicyclic) bond motifs is 1. The lowest BCUT2D eigenvalue weighted by Crippen LogP contribution is -2.29. The molecule has 0 bridgehead atoms. The van der Waals surface area contributed by atoms with Crippen molar-refractivity contribution in [3.63, 3.8) is 0 Å². The minimum Gasteiger partial charge on any atom is -0.507 e. The van der Waals surface area contributed by atoms with Crippen LogP contribution in [0.1, 0.15) is 92.7 Å². The van der Waals surface area contributed by atoms with E-state index in [2.05, 4.69) is 5.32 Å². The molecule has 35 heavy (non-hydrogen) atoms. The molecule has 1 heterocycles. The Morgan fingerprint density at radius 1 is 1.11 bits per heavy atom. The number of aliphatic hydroxyl groups excluding tert-OH is 1. The number of phenols is 1. The highest BCUT2D eigenvalue weighted by Crippen LogP contribution is 2.41. The van der Waals surface area contributed by atoms with Crippen LogP contribution in [0.4, 0.5) is 0 Å². The number of phenolic OH excluding ortho intramolecular Hbond substituents is 1. The maximum Gasteiger partial charge on any atom is 0.254 e. The van der Waals surface area contributed by atoms with Gasteiger partial charge in [-0.25, -0.2) is 0 Å². The average Bonchev–Trinajstić information content (AvgIpc) is 3.05. The molecule has 1 aliphatic heterocycles. The third kappa shape index (κ3) is 5.30. The van der Waals surface area contributed by atoms with Crippen LogP contribution in [0.2, 0.25) is 0 Å². The Balaban J connectivity index is 1.95. The van der Waals surface area contributed by atoms with E-state index in [4.69, 9.17) is 10.1 Å². The quantitative estimate of drug-likeness (QED) is 0.482. The third-order valence-electron chi connectivity index (χ3n) is 6.44. The fourth-order valence-electron chi connectivity index (χ4n) is 4.48. The first-order valence-electron chi connectivity index (χ1n) is 12.1. The molecule has 190 valence electrons. The van der Waals surface area contributed by atoms with Gasteiger partial charge in [-0.1, -0.05) is 41.5 Å². The number of carbonyl (C=O) groups excluding carboxylic acids is 1. The van der Waals surface area contributed by atoms with E-state index in [1.807, 2.05) is 66.7 Å². The van der Waals surface area contributed by atoms with Gasteiger partial charge in [0.15, 0.2) is 0 Å². The summed E-state index contributed by atoms with van der Waals surface area (Å²) in [5.41, 5.74) is 3.62. The first-order chi connectivity index (χ1) is 16.2. The summed E-state index contributed by atoms with van der Waals surface area (Å²) >= 11 is 0. The molecule has 4 N–H and O–H groups in total. The monoisotopic (exact) mass is 481 g/mol. The first-order valence-corrected chi connectivity index (χ1v) is 12.1. The molecule has 1 amide bonds. The molecule has 0 saturated carbocycles. The van der Waals surface area contributed by atoms with Gasteiger partial charge in [0.05, 0.1) is 18.3 Å². The second-order valence-corrected chi connectivity index (χ2v) is 11.2. The van der Waals surface area contributed by atoms with Gasteiger partial charge in [-0.05, 0) is 64.3 Å². The number of hydrogen-bond acceptors (Lipinski definition) is 5. The molecule has 1 unspecified atom stereocenters. The molecule has 0 saturated heterocycles. The number of aromatic hydroxyl groups is 1. The average molecular weight is 482 g/mol. The van der Waals surface area contributed by atoms with E-state index in [9.17, 15) is 15.0 Å². The van der Waals surface area contributed by atoms with Crippen molar-refractivity contribution in [2.45, 2.75) is 71.9 Å². The Morgan fingerprint density at radius 2 is 1.69 bits per heavy atom. The third-order valence-corrected chi connectivity index (χ3v) is 6.44. The predicted octanol–water partition coefficient (Wildman–Crippen LogP) is 4.62. The van der Waals surface area contributed by atoms with Gasteiger partial charge in [-0.2, -0.15) is 0 Å². The highest BCUT2D eigenvalue weighted by molar-refractivity contribution is 6.05. The van der Waals surface area contributed by atoms with Crippen LogP contribution < -0.4 is 10.1 Å². The van der Waals surface area contributed by atoms with Crippen LogP contribution in [-0.4, -0.2) is 47.1 Å². The highest BCUT2D eigenvalue weighted by atomic mass is 16.5. The van der Waals surface area contributed by atoms with E-state index in [0.717, 1.165) is 16.7 Å². The molecule has 0 spiro atoms. The van der Waals surface area contributed by atoms with E-state index >= 15 is 0 Å². The van der Waals surface area contributed by atoms with Crippen LogP contribution in [0, 0.1) is 5.41 Å². The number of carbonyl (C=O) groups is 1. The lowest BCUT2D eigenvalue weighted by Gasteiger charge is -2.30. The fraction of sp³-hybridized carbons (Fsp3) is 0.500. The van der Waals surface area contributed by atoms with E-state index in [-0.39, 0.29) is 34.9 Å². The summed E-state index contributed by atoms with van der Waals surface area (Å²) in [7, 11) is 1.56. The zero-order valence-electron chi connectivity index (χ0n) is 22.2. The molecule has 0 radical (unpaired) electrons. The van der Waals surface area contributed by atoms with Gasteiger partial charge in [0.2, 0.25) is 0 Å². The van der Waals surface area contributed by atoms with Gasteiger partial charge in [0.25, 0.3) is 5.91 Å². The maximum absolute atomic E-state index is 12.4. The van der Waals surface area contributed by atoms with Gasteiger partial charge in [-0.15, -0.1) is 0 Å². The standard InChI is InChI=1S/C28H39N3O4/c1-9-35-23-12-17-14-31(25(29)18(17)13-19(23)26(34)30-8)15-22(32)16-10-20(27(2,3)4)24(33)21(11-16)28(5,6)7/h10-13,22,29,32-33H,9,14-15H2,1-8H3,(H,30,34). The summed E-state index contributed by atoms with van der Waals surface area (Å²) < 4.78 is 5.68. The molecule has 2 aromatic carbocycles. The predicted molar refractivity (Wildman–Crippen MR) is 139 cm³/mol. The van der Waals surface area contributed by atoms with Crippen LogP contribution in [0.5, 0.6) is 11.5 Å². The zero-order chi connectivity index (χ0) is 26.3. The molecule has 3 rings (SSSR count). The number of aliphatic hydroxyl groups is 1. The fourth-order valence-corrected chi connectivity index (χ4v) is 4.48. The van der Waals surface area contributed by atoms with Gasteiger partial charge >= 0.3 is 0 Å². The Hall–Kier alpha value is -3.06. The summed E-state index contributed by atoms with van der Waals surface area (Å²) in [5.74, 6) is 0.755. The molecule has 0 aliphatic carbocycles. The molecule has 0 aromatic heterocycles. The first kappa shape index (κ1) is 26.5. The Bertz CT molecular complexity index is 1110. The normalized spacial score (nSPS) is 14.7. The largest absolute Gasteiger partial charge is 0.507 e. The number of rotatable bonds is 6. The molecule has 7 nitrogen and oxygen atoms in total. The van der Waals surface area contributed by atoms with Crippen molar-refractivity contribution in [3.8, 4) is 11.5 Å². The number of hydrogen-bond donors (Lipinski definition) is 4. The minimum absolute atomic E-state index is 0.213.